The highest BCUT2D eigenvalue weighted by atomic mass is 16.2. The molecule has 1 aliphatic rings. The Morgan fingerprint density at radius 1 is 1.13 bits per heavy atom. The van der Waals surface area contributed by atoms with Crippen molar-refractivity contribution in [3.63, 3.8) is 0 Å². The van der Waals surface area contributed by atoms with Gasteiger partial charge in [-0.2, -0.15) is 5.10 Å². The van der Waals surface area contributed by atoms with Crippen LogP contribution in [0.2, 0.25) is 0 Å². The molecule has 0 fully saturated rings. The van der Waals surface area contributed by atoms with Crippen LogP contribution in [0.5, 0.6) is 0 Å². The lowest BCUT2D eigenvalue weighted by Crippen LogP contribution is -2.31. The fourth-order valence-corrected chi connectivity index (χ4v) is 4.20. The summed E-state index contributed by atoms with van der Waals surface area (Å²) in [6.45, 7) is 2.75. The number of benzene rings is 2. The van der Waals surface area contributed by atoms with Crippen LogP contribution in [0, 0.1) is 6.92 Å². The zero-order chi connectivity index (χ0) is 21.2. The molecule has 4 aromatic rings. The standard InChI is InChI=1S/C24H24N6O/c1-17-8-5-6-12-22(17)30-16-21(27-28-30)24(31)26-20-11-7-13-23-19(20)14-25-29(23)15-18-9-3-2-4-10-18/h2-6,8-10,12,14,16,20H,7,11,13,15H2,1H3,(H,26,31). The van der Waals surface area contributed by atoms with Gasteiger partial charge in [-0.25, -0.2) is 4.68 Å². The van der Waals surface area contributed by atoms with E-state index < -0.39 is 0 Å². The summed E-state index contributed by atoms with van der Waals surface area (Å²) in [6.07, 6.45) is 6.45. The third kappa shape index (κ3) is 3.86. The molecule has 2 aromatic carbocycles. The summed E-state index contributed by atoms with van der Waals surface area (Å²) < 4.78 is 3.70. The van der Waals surface area contributed by atoms with Crippen molar-refractivity contribution >= 4 is 5.91 Å². The number of fused-ring (bicyclic) bond motifs is 1. The number of nitrogens with one attached hydrogen (secondary N) is 1. The Kier molecular flexibility index (Phi) is 5.08. The minimum absolute atomic E-state index is 0.0654. The van der Waals surface area contributed by atoms with E-state index in [1.165, 1.54) is 11.3 Å². The predicted molar refractivity (Wildman–Crippen MR) is 117 cm³/mol. The van der Waals surface area contributed by atoms with Crippen LogP contribution in [0.1, 0.15) is 51.8 Å². The summed E-state index contributed by atoms with van der Waals surface area (Å²) >= 11 is 0. The monoisotopic (exact) mass is 412 g/mol. The molecule has 1 atom stereocenters. The summed E-state index contributed by atoms with van der Waals surface area (Å²) in [5.41, 5.74) is 5.81. The van der Waals surface area contributed by atoms with Gasteiger partial charge in [0.05, 0.1) is 30.7 Å². The molecular weight excluding hydrogens is 388 g/mol. The fourth-order valence-electron chi connectivity index (χ4n) is 4.20. The van der Waals surface area contributed by atoms with Gasteiger partial charge >= 0.3 is 0 Å². The first-order valence-electron chi connectivity index (χ1n) is 10.6. The molecular formula is C24H24N6O. The van der Waals surface area contributed by atoms with Gasteiger partial charge in [0.15, 0.2) is 5.69 Å². The Morgan fingerprint density at radius 2 is 1.94 bits per heavy atom. The van der Waals surface area contributed by atoms with Gasteiger partial charge in [0.25, 0.3) is 5.91 Å². The number of aromatic nitrogens is 5. The maximum absolute atomic E-state index is 12.9. The van der Waals surface area contributed by atoms with Crippen molar-refractivity contribution in [2.24, 2.45) is 0 Å². The first-order valence-corrected chi connectivity index (χ1v) is 10.6. The topological polar surface area (TPSA) is 77.6 Å². The third-order valence-corrected chi connectivity index (χ3v) is 5.83. The highest BCUT2D eigenvalue weighted by Crippen LogP contribution is 2.30. The van der Waals surface area contributed by atoms with Crippen molar-refractivity contribution in [2.75, 3.05) is 0 Å². The van der Waals surface area contributed by atoms with Crippen LogP contribution in [-0.4, -0.2) is 30.7 Å². The summed E-state index contributed by atoms with van der Waals surface area (Å²) in [4.78, 5) is 12.9. The predicted octanol–water partition coefficient (Wildman–Crippen LogP) is 3.63. The van der Waals surface area contributed by atoms with E-state index in [-0.39, 0.29) is 11.9 Å². The highest BCUT2D eigenvalue weighted by Gasteiger charge is 2.26. The molecule has 0 aliphatic heterocycles. The Morgan fingerprint density at radius 3 is 2.77 bits per heavy atom. The van der Waals surface area contributed by atoms with Crippen LogP contribution in [0.4, 0.5) is 0 Å². The zero-order valence-corrected chi connectivity index (χ0v) is 17.4. The molecule has 0 saturated carbocycles. The third-order valence-electron chi connectivity index (χ3n) is 5.83. The first kappa shape index (κ1) is 19.2. The molecule has 7 nitrogen and oxygen atoms in total. The van der Waals surface area contributed by atoms with E-state index in [9.17, 15) is 4.79 Å². The van der Waals surface area contributed by atoms with Crippen molar-refractivity contribution < 1.29 is 4.79 Å². The molecule has 1 aliphatic carbocycles. The van der Waals surface area contributed by atoms with Crippen molar-refractivity contribution in [3.05, 3.63) is 95.1 Å². The quantitative estimate of drug-likeness (QED) is 0.543. The van der Waals surface area contributed by atoms with Crippen LogP contribution in [0.3, 0.4) is 0 Å². The van der Waals surface area contributed by atoms with Crippen molar-refractivity contribution in [1.82, 2.24) is 30.1 Å². The molecule has 2 aromatic heterocycles. The molecule has 2 heterocycles. The summed E-state index contributed by atoms with van der Waals surface area (Å²) in [5.74, 6) is -0.214. The van der Waals surface area contributed by atoms with Crippen LogP contribution in [0.25, 0.3) is 5.69 Å². The van der Waals surface area contributed by atoms with Gasteiger partial charge in [-0.15, -0.1) is 5.10 Å². The normalized spacial score (nSPS) is 15.5. The number of nitrogens with zero attached hydrogens (tertiary/aromatic N) is 5. The average Bonchev–Trinajstić information content (AvgIpc) is 3.43. The average molecular weight is 412 g/mol. The number of aryl methyl sites for hydroxylation is 1. The molecule has 1 N–H and O–H groups in total. The molecule has 5 rings (SSSR count). The number of hydrogen-bond donors (Lipinski definition) is 1. The van der Waals surface area contributed by atoms with Gasteiger partial charge in [-0.1, -0.05) is 53.7 Å². The van der Waals surface area contributed by atoms with Gasteiger partial charge in [-0.05, 0) is 43.4 Å². The van der Waals surface area contributed by atoms with Crippen molar-refractivity contribution in [1.29, 1.82) is 0 Å². The van der Waals surface area contributed by atoms with Crippen LogP contribution >= 0.6 is 0 Å². The molecule has 31 heavy (non-hydrogen) atoms. The minimum atomic E-state index is -0.214. The Hall–Kier alpha value is -3.74. The Labute approximate surface area is 180 Å². The second kappa shape index (κ2) is 8.18. The molecule has 1 amide bonds. The largest absolute Gasteiger partial charge is 0.344 e. The smallest absolute Gasteiger partial charge is 0.273 e. The van der Waals surface area contributed by atoms with Crippen molar-refractivity contribution in [2.45, 2.75) is 38.8 Å². The number of para-hydroxylation sites is 1. The molecule has 7 heteroatoms. The molecule has 156 valence electrons. The fraction of sp³-hybridized carbons (Fsp3) is 0.250. The maximum Gasteiger partial charge on any atom is 0.273 e. The van der Waals surface area contributed by atoms with Crippen LogP contribution in [-0.2, 0) is 13.0 Å². The Balaban J connectivity index is 1.33. The van der Waals surface area contributed by atoms with E-state index in [4.69, 9.17) is 0 Å². The maximum atomic E-state index is 12.9. The SMILES string of the molecule is Cc1ccccc1-n1cc(C(=O)NC2CCCc3c2cnn3Cc2ccccc2)nn1. The van der Waals surface area contributed by atoms with E-state index in [1.54, 1.807) is 10.9 Å². The molecule has 0 saturated heterocycles. The number of carbonyl (C=O) groups is 1. The van der Waals surface area contributed by atoms with E-state index in [2.05, 4.69) is 37.5 Å². The van der Waals surface area contributed by atoms with Gasteiger partial charge in [0.2, 0.25) is 0 Å². The lowest BCUT2D eigenvalue weighted by Gasteiger charge is -2.24. The zero-order valence-electron chi connectivity index (χ0n) is 17.4. The minimum Gasteiger partial charge on any atom is -0.344 e. The van der Waals surface area contributed by atoms with E-state index in [0.29, 0.717) is 5.69 Å². The first-order chi connectivity index (χ1) is 15.2. The van der Waals surface area contributed by atoms with Crippen molar-refractivity contribution in [3.8, 4) is 5.69 Å². The second-order valence-electron chi connectivity index (χ2n) is 7.94. The van der Waals surface area contributed by atoms with Gasteiger partial charge in [0.1, 0.15) is 0 Å². The molecule has 0 spiro atoms. The highest BCUT2D eigenvalue weighted by molar-refractivity contribution is 5.92. The number of amides is 1. The number of rotatable bonds is 5. The second-order valence-corrected chi connectivity index (χ2v) is 7.94. The van der Waals surface area contributed by atoms with E-state index >= 15 is 0 Å². The van der Waals surface area contributed by atoms with Gasteiger partial charge in [0, 0.05) is 11.3 Å². The summed E-state index contributed by atoms with van der Waals surface area (Å²) in [7, 11) is 0. The number of hydrogen-bond acceptors (Lipinski definition) is 4. The molecule has 0 bridgehead atoms. The summed E-state index contributed by atoms with van der Waals surface area (Å²) in [5, 5.41) is 16.0. The van der Waals surface area contributed by atoms with Crippen LogP contribution in [0.15, 0.2) is 67.0 Å². The molecule has 0 radical (unpaired) electrons. The summed E-state index contributed by atoms with van der Waals surface area (Å²) in [6, 6.07) is 18.1. The van der Waals surface area contributed by atoms with E-state index in [1.807, 2.05) is 55.6 Å². The van der Waals surface area contributed by atoms with Gasteiger partial charge in [-0.3, -0.25) is 9.48 Å². The van der Waals surface area contributed by atoms with Crippen LogP contribution < -0.4 is 5.32 Å². The lowest BCUT2D eigenvalue weighted by atomic mass is 9.93. The molecule has 1 unspecified atom stereocenters. The number of carbonyl (C=O) groups excluding carboxylic acids is 1. The van der Waals surface area contributed by atoms with Gasteiger partial charge < -0.3 is 5.32 Å². The lowest BCUT2D eigenvalue weighted by molar-refractivity contribution is 0.0927. The van der Waals surface area contributed by atoms with E-state index in [0.717, 1.165) is 42.6 Å². The Bertz CT molecular complexity index is 1210.